The second-order valence-electron chi connectivity index (χ2n) is 3.48. The Kier molecular flexibility index (Phi) is 3.72. The monoisotopic (exact) mass is 312 g/mol. The molecule has 0 fully saturated rings. The third-order valence-electron chi connectivity index (χ3n) is 2.21. The van der Waals surface area contributed by atoms with Crippen LogP contribution in [0.15, 0.2) is 40.9 Å². The van der Waals surface area contributed by atoms with E-state index < -0.39 is 11.6 Å². The van der Waals surface area contributed by atoms with E-state index in [1.54, 1.807) is 0 Å². The zero-order valence-electron chi connectivity index (χ0n) is 8.99. The number of aldehydes is 1. The summed E-state index contributed by atoms with van der Waals surface area (Å²) in [6, 6.07) is 7.80. The van der Waals surface area contributed by atoms with Gasteiger partial charge < -0.3 is 4.74 Å². The molecule has 92 valence electrons. The zero-order valence-corrected chi connectivity index (χ0v) is 10.6. The molecule has 0 aliphatic rings. The van der Waals surface area contributed by atoms with E-state index >= 15 is 0 Å². The minimum atomic E-state index is -0.723. The molecule has 0 atom stereocenters. The molecule has 18 heavy (non-hydrogen) atoms. The molecule has 2 aromatic rings. The number of hydrogen-bond donors (Lipinski definition) is 0. The Morgan fingerprint density at radius 3 is 2.44 bits per heavy atom. The first-order chi connectivity index (χ1) is 8.60. The molecular weight excluding hydrogens is 306 g/mol. The van der Waals surface area contributed by atoms with Crippen LogP contribution in [0.3, 0.4) is 0 Å². The van der Waals surface area contributed by atoms with Crippen molar-refractivity contribution in [1.29, 1.82) is 0 Å². The third kappa shape index (κ3) is 2.73. The van der Waals surface area contributed by atoms with Gasteiger partial charge in [-0.15, -0.1) is 0 Å². The van der Waals surface area contributed by atoms with Gasteiger partial charge in [-0.2, -0.15) is 0 Å². The number of hydrogen-bond acceptors (Lipinski definition) is 2. The van der Waals surface area contributed by atoms with E-state index in [4.69, 9.17) is 4.74 Å². The first kappa shape index (κ1) is 12.7. The van der Waals surface area contributed by atoms with Gasteiger partial charge in [-0.1, -0.05) is 15.9 Å². The van der Waals surface area contributed by atoms with Crippen molar-refractivity contribution >= 4 is 22.2 Å². The highest BCUT2D eigenvalue weighted by molar-refractivity contribution is 9.10. The number of halogens is 3. The SMILES string of the molecule is O=Cc1ccc(Oc2cc(Br)ccc2F)c(F)c1. The van der Waals surface area contributed by atoms with Gasteiger partial charge in [-0.3, -0.25) is 4.79 Å². The first-order valence-electron chi connectivity index (χ1n) is 4.98. The van der Waals surface area contributed by atoms with Crippen molar-refractivity contribution in [2.24, 2.45) is 0 Å². The fourth-order valence-corrected chi connectivity index (χ4v) is 1.69. The highest BCUT2D eigenvalue weighted by Gasteiger charge is 2.09. The Labute approximate surface area is 110 Å². The van der Waals surface area contributed by atoms with Crippen LogP contribution in [-0.2, 0) is 0 Å². The lowest BCUT2D eigenvalue weighted by atomic mass is 10.2. The quantitative estimate of drug-likeness (QED) is 0.788. The summed E-state index contributed by atoms with van der Waals surface area (Å²) in [7, 11) is 0. The summed E-state index contributed by atoms with van der Waals surface area (Å²) >= 11 is 3.16. The van der Waals surface area contributed by atoms with Gasteiger partial charge in [0.15, 0.2) is 23.1 Å². The van der Waals surface area contributed by atoms with Crippen molar-refractivity contribution < 1.29 is 18.3 Å². The fourth-order valence-electron chi connectivity index (χ4n) is 1.35. The van der Waals surface area contributed by atoms with Crippen molar-refractivity contribution in [2.45, 2.75) is 0 Å². The van der Waals surface area contributed by atoms with E-state index in [1.807, 2.05) is 0 Å². The topological polar surface area (TPSA) is 26.3 Å². The Balaban J connectivity index is 2.34. The first-order valence-corrected chi connectivity index (χ1v) is 5.77. The van der Waals surface area contributed by atoms with Gasteiger partial charge in [-0.05, 0) is 36.4 Å². The van der Waals surface area contributed by atoms with Crippen LogP contribution >= 0.6 is 15.9 Å². The van der Waals surface area contributed by atoms with E-state index in [0.717, 1.165) is 6.07 Å². The second-order valence-corrected chi connectivity index (χ2v) is 4.40. The Morgan fingerprint density at radius 2 is 1.78 bits per heavy atom. The average Bonchev–Trinajstić information content (AvgIpc) is 2.36. The molecule has 0 unspecified atom stereocenters. The van der Waals surface area contributed by atoms with Gasteiger partial charge in [0.05, 0.1) is 0 Å². The number of carbonyl (C=O) groups is 1. The molecule has 2 nitrogen and oxygen atoms in total. The van der Waals surface area contributed by atoms with Crippen molar-refractivity contribution in [2.75, 3.05) is 0 Å². The number of benzene rings is 2. The van der Waals surface area contributed by atoms with Crippen LogP contribution in [0.1, 0.15) is 10.4 Å². The van der Waals surface area contributed by atoms with E-state index in [9.17, 15) is 13.6 Å². The molecule has 0 N–H and O–H groups in total. The maximum absolute atomic E-state index is 13.5. The van der Waals surface area contributed by atoms with Crippen LogP contribution < -0.4 is 4.74 Å². The Bertz CT molecular complexity index is 600. The van der Waals surface area contributed by atoms with Crippen molar-refractivity contribution in [3.05, 3.63) is 58.1 Å². The summed E-state index contributed by atoms with van der Waals surface area (Å²) in [5.41, 5.74) is 0.189. The molecule has 0 saturated heterocycles. The van der Waals surface area contributed by atoms with Crippen LogP contribution in [0.2, 0.25) is 0 Å². The Morgan fingerprint density at radius 1 is 1.00 bits per heavy atom. The highest BCUT2D eigenvalue weighted by atomic mass is 79.9. The molecule has 0 aromatic heterocycles. The smallest absolute Gasteiger partial charge is 0.166 e. The second kappa shape index (κ2) is 5.27. The molecule has 2 aromatic carbocycles. The molecule has 0 aliphatic carbocycles. The van der Waals surface area contributed by atoms with Crippen LogP contribution in [0.25, 0.3) is 0 Å². The van der Waals surface area contributed by atoms with Gasteiger partial charge in [0.25, 0.3) is 0 Å². The maximum atomic E-state index is 13.5. The van der Waals surface area contributed by atoms with E-state index in [-0.39, 0.29) is 17.1 Å². The van der Waals surface area contributed by atoms with Gasteiger partial charge in [0.1, 0.15) is 6.29 Å². The van der Waals surface area contributed by atoms with Crippen molar-refractivity contribution in [1.82, 2.24) is 0 Å². The van der Waals surface area contributed by atoms with Gasteiger partial charge in [0, 0.05) is 10.0 Å². The molecule has 0 bridgehead atoms. The van der Waals surface area contributed by atoms with E-state index in [0.29, 0.717) is 10.8 Å². The van der Waals surface area contributed by atoms with Crippen molar-refractivity contribution in [3.8, 4) is 11.5 Å². The highest BCUT2D eigenvalue weighted by Crippen LogP contribution is 2.29. The van der Waals surface area contributed by atoms with Crippen LogP contribution in [-0.4, -0.2) is 6.29 Å². The summed E-state index contributed by atoms with van der Waals surface area (Å²) in [5.74, 6) is -1.56. The molecule has 0 saturated carbocycles. The number of rotatable bonds is 3. The molecule has 5 heteroatoms. The summed E-state index contributed by atoms with van der Waals surface area (Å²) in [6.07, 6.45) is 0.520. The summed E-state index contributed by atoms with van der Waals surface area (Å²) in [6.45, 7) is 0. The lowest BCUT2D eigenvalue weighted by Crippen LogP contribution is -1.92. The van der Waals surface area contributed by atoms with Crippen LogP contribution in [0, 0.1) is 11.6 Å². The van der Waals surface area contributed by atoms with Gasteiger partial charge >= 0.3 is 0 Å². The molecule has 0 heterocycles. The predicted molar refractivity (Wildman–Crippen MR) is 66.0 cm³/mol. The average molecular weight is 313 g/mol. The maximum Gasteiger partial charge on any atom is 0.166 e. The standard InChI is InChI=1S/C13H7BrF2O2/c14-9-2-3-10(15)13(6-9)18-12-4-1-8(7-17)5-11(12)16/h1-7H. The molecule has 0 amide bonds. The van der Waals surface area contributed by atoms with Crippen LogP contribution in [0.5, 0.6) is 11.5 Å². The van der Waals surface area contributed by atoms with Crippen LogP contribution in [0.4, 0.5) is 8.78 Å². The fraction of sp³-hybridized carbons (Fsp3) is 0. The number of ether oxygens (including phenoxy) is 1. The molecule has 0 spiro atoms. The lowest BCUT2D eigenvalue weighted by molar-refractivity contribution is 0.112. The normalized spacial score (nSPS) is 10.2. The summed E-state index contributed by atoms with van der Waals surface area (Å²) in [5, 5.41) is 0. The zero-order chi connectivity index (χ0) is 13.1. The lowest BCUT2D eigenvalue weighted by Gasteiger charge is -2.08. The largest absolute Gasteiger partial charge is 0.451 e. The minimum absolute atomic E-state index is 0.0953. The summed E-state index contributed by atoms with van der Waals surface area (Å²) in [4.78, 5) is 10.5. The van der Waals surface area contributed by atoms with Crippen molar-refractivity contribution in [3.63, 3.8) is 0 Å². The third-order valence-corrected chi connectivity index (χ3v) is 2.70. The molecule has 0 radical (unpaired) electrons. The van der Waals surface area contributed by atoms with Gasteiger partial charge in [-0.25, -0.2) is 8.78 Å². The predicted octanol–water partition coefficient (Wildman–Crippen LogP) is 4.33. The molecule has 2 rings (SSSR count). The molecule has 0 aliphatic heterocycles. The van der Waals surface area contributed by atoms with E-state index in [2.05, 4.69) is 15.9 Å². The van der Waals surface area contributed by atoms with E-state index in [1.165, 1.54) is 30.3 Å². The minimum Gasteiger partial charge on any atom is -0.451 e. The molecular formula is C13H7BrF2O2. The number of carbonyl (C=O) groups excluding carboxylic acids is 1. The van der Waals surface area contributed by atoms with Gasteiger partial charge in [0.2, 0.25) is 0 Å². The Hall–Kier alpha value is -1.75. The summed E-state index contributed by atoms with van der Waals surface area (Å²) < 4.78 is 32.7.